The monoisotopic (exact) mass is 397 g/mol. The Morgan fingerprint density at radius 1 is 0.667 bits per heavy atom. The largest absolute Gasteiger partial charge is 0.513 e. The van der Waals surface area contributed by atoms with Gasteiger partial charge in [-0.15, -0.1) is 0 Å². The summed E-state index contributed by atoms with van der Waals surface area (Å²) in [7, 11) is 1.65. The van der Waals surface area contributed by atoms with Crippen LogP contribution >= 0.6 is 0 Å². The zero-order chi connectivity index (χ0) is 21.3. The molecule has 0 aliphatic rings. The first-order chi connectivity index (χ1) is 14.6. The molecule has 0 unspecified atom stereocenters. The third-order valence-corrected chi connectivity index (χ3v) is 4.05. The van der Waals surface area contributed by atoms with E-state index in [0.717, 1.165) is 22.4 Å². The van der Waals surface area contributed by atoms with Gasteiger partial charge in [-0.25, -0.2) is 15.0 Å². The van der Waals surface area contributed by atoms with Crippen LogP contribution in [0.1, 0.15) is 6.92 Å². The minimum atomic E-state index is 0.167. The van der Waals surface area contributed by atoms with E-state index >= 15 is 0 Å². The minimum Gasteiger partial charge on any atom is -0.513 e. The molecule has 0 spiro atoms. The molecule has 1 N–H and O–H groups in total. The zero-order valence-corrected chi connectivity index (χ0v) is 17.0. The van der Waals surface area contributed by atoms with Gasteiger partial charge >= 0.3 is 0 Å². The Morgan fingerprint density at radius 3 is 1.33 bits per heavy atom. The number of hydrogen-bond acceptors (Lipinski definition) is 5. The predicted octanol–water partition coefficient (Wildman–Crippen LogP) is 5.96. The molecular formula is C25H23N3O2. The Balaban J connectivity index is 0.000000589. The average molecular weight is 397 g/mol. The summed E-state index contributed by atoms with van der Waals surface area (Å²) >= 11 is 0. The molecule has 0 amide bonds. The maximum absolute atomic E-state index is 7.86. The molecule has 0 radical (unpaired) electrons. The van der Waals surface area contributed by atoms with Crippen LogP contribution in [0.3, 0.4) is 0 Å². The minimum absolute atomic E-state index is 0.167. The normalized spacial score (nSPS) is 9.93. The lowest BCUT2D eigenvalue weighted by atomic mass is 10.1. The SMILES string of the molecule is C=C(C)O.COc1ccc(-c2nc(-c3ccccc3)nc(-c3ccccc3)n2)cc1. The number of hydrogen-bond donors (Lipinski definition) is 1. The van der Waals surface area contributed by atoms with E-state index in [9.17, 15) is 0 Å². The van der Waals surface area contributed by atoms with E-state index in [1.807, 2.05) is 84.9 Å². The maximum Gasteiger partial charge on any atom is 0.164 e. The number of benzene rings is 3. The van der Waals surface area contributed by atoms with Crippen LogP contribution < -0.4 is 4.74 Å². The molecule has 0 aliphatic carbocycles. The van der Waals surface area contributed by atoms with Crippen molar-refractivity contribution in [1.29, 1.82) is 0 Å². The van der Waals surface area contributed by atoms with E-state index in [4.69, 9.17) is 19.8 Å². The number of methoxy groups -OCH3 is 1. The summed E-state index contributed by atoms with van der Waals surface area (Å²) in [4.78, 5) is 14.1. The summed E-state index contributed by atoms with van der Waals surface area (Å²) in [6, 6.07) is 27.6. The second kappa shape index (κ2) is 9.98. The van der Waals surface area contributed by atoms with E-state index in [-0.39, 0.29) is 5.76 Å². The van der Waals surface area contributed by atoms with Crippen molar-refractivity contribution in [3.8, 4) is 39.9 Å². The van der Waals surface area contributed by atoms with Gasteiger partial charge in [0.2, 0.25) is 0 Å². The summed E-state index contributed by atoms with van der Waals surface area (Å²) in [5, 5.41) is 7.86. The van der Waals surface area contributed by atoms with Gasteiger partial charge in [0.15, 0.2) is 17.5 Å². The molecule has 0 bridgehead atoms. The van der Waals surface area contributed by atoms with Gasteiger partial charge in [0.05, 0.1) is 12.9 Å². The molecular weight excluding hydrogens is 374 g/mol. The van der Waals surface area contributed by atoms with E-state index in [0.29, 0.717) is 17.5 Å². The Bertz CT molecular complexity index is 1030. The highest BCUT2D eigenvalue weighted by Gasteiger charge is 2.11. The Kier molecular flexibility index (Phi) is 6.90. The standard InChI is InChI=1S/C22H17N3O.C3H6O/c1-26-19-14-12-18(13-15-19)22-24-20(16-8-4-2-5-9-16)23-21(25-22)17-10-6-3-7-11-17;1-3(2)4/h2-15H,1H3;4H,1H2,2H3. The molecule has 3 aromatic carbocycles. The second-order valence-corrected chi connectivity index (χ2v) is 6.50. The molecule has 4 rings (SSSR count). The molecule has 1 aromatic heterocycles. The molecule has 0 aliphatic heterocycles. The molecule has 5 nitrogen and oxygen atoms in total. The smallest absolute Gasteiger partial charge is 0.164 e. The van der Waals surface area contributed by atoms with Crippen LogP contribution in [0.15, 0.2) is 97.3 Å². The molecule has 0 atom stereocenters. The van der Waals surface area contributed by atoms with Gasteiger partial charge in [0, 0.05) is 16.7 Å². The number of nitrogens with zero attached hydrogens (tertiary/aromatic N) is 3. The second-order valence-electron chi connectivity index (χ2n) is 6.50. The van der Waals surface area contributed by atoms with Crippen molar-refractivity contribution in [2.45, 2.75) is 6.92 Å². The lowest BCUT2D eigenvalue weighted by Gasteiger charge is -2.08. The number of rotatable bonds is 4. The molecule has 1 heterocycles. The molecule has 150 valence electrons. The summed E-state index contributed by atoms with van der Waals surface area (Å²) < 4.78 is 5.24. The zero-order valence-electron chi connectivity index (χ0n) is 17.0. The molecule has 30 heavy (non-hydrogen) atoms. The van der Waals surface area contributed by atoms with Crippen molar-refractivity contribution in [1.82, 2.24) is 15.0 Å². The third kappa shape index (κ3) is 5.52. The summed E-state index contributed by atoms with van der Waals surface area (Å²) in [6.07, 6.45) is 0. The van der Waals surface area contributed by atoms with Gasteiger partial charge in [-0.05, 0) is 31.2 Å². The number of allylic oxidation sites excluding steroid dienone is 1. The van der Waals surface area contributed by atoms with Crippen molar-refractivity contribution in [2.75, 3.05) is 7.11 Å². The van der Waals surface area contributed by atoms with Gasteiger partial charge in [-0.2, -0.15) is 0 Å². The average Bonchev–Trinajstić information content (AvgIpc) is 2.80. The van der Waals surface area contributed by atoms with Crippen LogP contribution in [0.5, 0.6) is 5.75 Å². The topological polar surface area (TPSA) is 68.1 Å². The van der Waals surface area contributed by atoms with E-state index in [2.05, 4.69) is 11.6 Å². The van der Waals surface area contributed by atoms with Crippen LogP contribution in [0.4, 0.5) is 0 Å². The third-order valence-electron chi connectivity index (χ3n) is 4.05. The Morgan fingerprint density at radius 2 is 1.00 bits per heavy atom. The highest BCUT2D eigenvalue weighted by atomic mass is 16.5. The van der Waals surface area contributed by atoms with Gasteiger partial charge in [0.25, 0.3) is 0 Å². The van der Waals surface area contributed by atoms with E-state index in [1.165, 1.54) is 6.92 Å². The van der Waals surface area contributed by atoms with Crippen LogP contribution in [0.25, 0.3) is 34.2 Å². The summed E-state index contributed by atoms with van der Waals surface area (Å²) in [5.41, 5.74) is 2.84. The maximum atomic E-state index is 7.86. The van der Waals surface area contributed by atoms with Crippen molar-refractivity contribution in [2.24, 2.45) is 0 Å². The van der Waals surface area contributed by atoms with Crippen molar-refractivity contribution in [3.63, 3.8) is 0 Å². The van der Waals surface area contributed by atoms with Crippen molar-refractivity contribution >= 4 is 0 Å². The molecule has 0 saturated carbocycles. The van der Waals surface area contributed by atoms with Gasteiger partial charge in [-0.1, -0.05) is 67.2 Å². The van der Waals surface area contributed by atoms with Crippen LogP contribution in [0, 0.1) is 0 Å². The lowest BCUT2D eigenvalue weighted by Crippen LogP contribution is -2.00. The van der Waals surface area contributed by atoms with Crippen LogP contribution in [-0.2, 0) is 0 Å². The van der Waals surface area contributed by atoms with Crippen LogP contribution in [-0.4, -0.2) is 27.2 Å². The number of aromatic nitrogens is 3. The number of aliphatic hydroxyl groups excluding tert-OH is 1. The quantitative estimate of drug-likeness (QED) is 0.430. The van der Waals surface area contributed by atoms with Crippen LogP contribution in [0.2, 0.25) is 0 Å². The van der Waals surface area contributed by atoms with E-state index < -0.39 is 0 Å². The fourth-order valence-corrected chi connectivity index (χ4v) is 2.68. The number of ether oxygens (including phenoxy) is 1. The molecule has 0 saturated heterocycles. The van der Waals surface area contributed by atoms with Gasteiger partial charge in [-0.3, -0.25) is 0 Å². The highest BCUT2D eigenvalue weighted by Crippen LogP contribution is 2.25. The summed E-state index contributed by atoms with van der Waals surface area (Å²) in [5.74, 6) is 2.92. The Labute approximate surface area is 176 Å². The number of aliphatic hydroxyl groups is 1. The lowest BCUT2D eigenvalue weighted by molar-refractivity contribution is 0.415. The first-order valence-corrected chi connectivity index (χ1v) is 9.42. The van der Waals surface area contributed by atoms with Gasteiger partial charge in [0.1, 0.15) is 5.75 Å². The molecule has 4 aromatic rings. The van der Waals surface area contributed by atoms with Gasteiger partial charge < -0.3 is 9.84 Å². The fourth-order valence-electron chi connectivity index (χ4n) is 2.68. The predicted molar refractivity (Wildman–Crippen MR) is 120 cm³/mol. The van der Waals surface area contributed by atoms with Crippen molar-refractivity contribution < 1.29 is 9.84 Å². The first-order valence-electron chi connectivity index (χ1n) is 9.42. The highest BCUT2D eigenvalue weighted by molar-refractivity contribution is 5.66. The molecule has 5 heteroatoms. The van der Waals surface area contributed by atoms with Crippen molar-refractivity contribution in [3.05, 3.63) is 97.3 Å². The first kappa shape index (κ1) is 20.7. The Hall–Kier alpha value is -3.99. The molecule has 0 fully saturated rings. The fraction of sp³-hybridized carbons (Fsp3) is 0.0800. The summed E-state index contributed by atoms with van der Waals surface area (Å²) in [6.45, 7) is 4.64. The van der Waals surface area contributed by atoms with E-state index in [1.54, 1.807) is 7.11 Å².